The Bertz CT molecular complexity index is 488. The number of hydrogen-bond acceptors (Lipinski definition) is 3. The van der Waals surface area contributed by atoms with Crippen LogP contribution in [0.5, 0.6) is 0 Å². The second-order valence-electron chi connectivity index (χ2n) is 5.65. The molecule has 0 radical (unpaired) electrons. The Labute approximate surface area is 124 Å². The SMILES string of the molecule is O=C(c1ccncc1Cl)N1CCCC(N2CCCC2)C1. The number of piperidine rings is 1. The summed E-state index contributed by atoms with van der Waals surface area (Å²) in [7, 11) is 0. The van der Waals surface area contributed by atoms with Crippen LogP contribution in [0.15, 0.2) is 18.5 Å². The molecule has 2 saturated heterocycles. The fourth-order valence-electron chi connectivity index (χ4n) is 3.26. The highest BCUT2D eigenvalue weighted by molar-refractivity contribution is 6.33. The molecule has 5 heteroatoms. The number of amides is 1. The smallest absolute Gasteiger partial charge is 0.255 e. The van der Waals surface area contributed by atoms with Gasteiger partial charge in [0.05, 0.1) is 10.6 Å². The van der Waals surface area contributed by atoms with Gasteiger partial charge in [-0.2, -0.15) is 0 Å². The van der Waals surface area contributed by atoms with Gasteiger partial charge in [-0.1, -0.05) is 11.6 Å². The van der Waals surface area contributed by atoms with Crippen molar-refractivity contribution in [1.29, 1.82) is 0 Å². The summed E-state index contributed by atoms with van der Waals surface area (Å²) < 4.78 is 0. The molecular weight excluding hydrogens is 274 g/mol. The van der Waals surface area contributed by atoms with Crippen LogP contribution in [0.4, 0.5) is 0 Å². The van der Waals surface area contributed by atoms with Crippen molar-refractivity contribution in [2.24, 2.45) is 0 Å². The van der Waals surface area contributed by atoms with Crippen LogP contribution in [-0.4, -0.2) is 52.9 Å². The maximum atomic E-state index is 12.6. The van der Waals surface area contributed by atoms with Crippen molar-refractivity contribution >= 4 is 17.5 Å². The van der Waals surface area contributed by atoms with Crippen LogP contribution >= 0.6 is 11.6 Å². The monoisotopic (exact) mass is 293 g/mol. The first-order chi connectivity index (χ1) is 9.75. The first-order valence-electron chi connectivity index (χ1n) is 7.38. The zero-order valence-corrected chi connectivity index (χ0v) is 12.4. The Balaban J connectivity index is 1.70. The molecule has 2 aliphatic rings. The molecule has 108 valence electrons. The Morgan fingerprint density at radius 3 is 2.80 bits per heavy atom. The number of pyridine rings is 1. The molecule has 1 aromatic rings. The van der Waals surface area contributed by atoms with E-state index in [9.17, 15) is 4.79 Å². The van der Waals surface area contributed by atoms with Gasteiger partial charge in [0, 0.05) is 31.5 Å². The summed E-state index contributed by atoms with van der Waals surface area (Å²) in [5.74, 6) is 0.0429. The molecule has 1 amide bonds. The molecule has 0 bridgehead atoms. The van der Waals surface area contributed by atoms with Gasteiger partial charge in [0.2, 0.25) is 0 Å². The fraction of sp³-hybridized carbons (Fsp3) is 0.600. The van der Waals surface area contributed by atoms with Crippen molar-refractivity contribution in [3.63, 3.8) is 0 Å². The topological polar surface area (TPSA) is 36.4 Å². The number of halogens is 1. The highest BCUT2D eigenvalue weighted by Gasteiger charge is 2.30. The minimum atomic E-state index is 0.0429. The molecule has 0 spiro atoms. The van der Waals surface area contributed by atoms with E-state index in [2.05, 4.69) is 9.88 Å². The summed E-state index contributed by atoms with van der Waals surface area (Å²) in [6.45, 7) is 4.03. The average Bonchev–Trinajstić information content (AvgIpc) is 3.01. The molecule has 0 aromatic carbocycles. The largest absolute Gasteiger partial charge is 0.337 e. The third-order valence-corrected chi connectivity index (χ3v) is 4.64. The van der Waals surface area contributed by atoms with E-state index in [-0.39, 0.29) is 5.91 Å². The van der Waals surface area contributed by atoms with Gasteiger partial charge in [-0.3, -0.25) is 14.7 Å². The molecule has 0 aliphatic carbocycles. The summed E-state index contributed by atoms with van der Waals surface area (Å²) in [4.78, 5) is 21.0. The van der Waals surface area contributed by atoms with Gasteiger partial charge in [0.1, 0.15) is 0 Å². The van der Waals surface area contributed by atoms with Crippen molar-refractivity contribution in [3.05, 3.63) is 29.0 Å². The number of carbonyl (C=O) groups excluding carboxylic acids is 1. The first-order valence-corrected chi connectivity index (χ1v) is 7.76. The zero-order chi connectivity index (χ0) is 13.9. The lowest BCUT2D eigenvalue weighted by molar-refractivity contribution is 0.0608. The lowest BCUT2D eigenvalue weighted by Gasteiger charge is -2.37. The van der Waals surface area contributed by atoms with Crippen molar-refractivity contribution in [2.75, 3.05) is 26.2 Å². The minimum absolute atomic E-state index is 0.0429. The second kappa shape index (κ2) is 6.10. The van der Waals surface area contributed by atoms with Gasteiger partial charge in [0.15, 0.2) is 0 Å². The van der Waals surface area contributed by atoms with Gasteiger partial charge in [-0.25, -0.2) is 0 Å². The molecule has 2 fully saturated rings. The average molecular weight is 294 g/mol. The van der Waals surface area contributed by atoms with E-state index in [1.165, 1.54) is 38.5 Å². The van der Waals surface area contributed by atoms with Gasteiger partial charge in [-0.15, -0.1) is 0 Å². The number of carbonyl (C=O) groups is 1. The lowest BCUT2D eigenvalue weighted by Crippen LogP contribution is -2.49. The number of hydrogen-bond donors (Lipinski definition) is 0. The van der Waals surface area contributed by atoms with E-state index in [0.29, 0.717) is 16.6 Å². The minimum Gasteiger partial charge on any atom is -0.337 e. The lowest BCUT2D eigenvalue weighted by atomic mass is 10.0. The summed E-state index contributed by atoms with van der Waals surface area (Å²) in [6.07, 6.45) is 8.03. The Morgan fingerprint density at radius 2 is 2.05 bits per heavy atom. The van der Waals surface area contributed by atoms with Crippen molar-refractivity contribution in [3.8, 4) is 0 Å². The Morgan fingerprint density at radius 1 is 1.25 bits per heavy atom. The van der Waals surface area contributed by atoms with E-state index in [1.54, 1.807) is 12.3 Å². The zero-order valence-electron chi connectivity index (χ0n) is 11.6. The molecule has 4 nitrogen and oxygen atoms in total. The Hall–Kier alpha value is -1.13. The molecule has 2 aliphatic heterocycles. The van der Waals surface area contributed by atoms with Gasteiger partial charge < -0.3 is 4.90 Å². The third kappa shape index (κ3) is 2.81. The van der Waals surface area contributed by atoms with Crippen LogP contribution in [0, 0.1) is 0 Å². The maximum absolute atomic E-state index is 12.6. The summed E-state index contributed by atoms with van der Waals surface area (Å²) in [5, 5.41) is 0.445. The molecule has 1 atom stereocenters. The van der Waals surface area contributed by atoms with E-state index >= 15 is 0 Å². The molecule has 3 heterocycles. The summed E-state index contributed by atoms with van der Waals surface area (Å²) >= 11 is 6.08. The summed E-state index contributed by atoms with van der Waals surface area (Å²) in [5.41, 5.74) is 0.573. The molecule has 1 unspecified atom stereocenters. The quantitative estimate of drug-likeness (QED) is 0.840. The molecule has 1 aromatic heterocycles. The fourth-order valence-corrected chi connectivity index (χ4v) is 3.46. The molecule has 3 rings (SSSR count). The van der Waals surface area contributed by atoms with Crippen LogP contribution < -0.4 is 0 Å². The van der Waals surface area contributed by atoms with Crippen LogP contribution in [0.1, 0.15) is 36.0 Å². The molecule has 20 heavy (non-hydrogen) atoms. The van der Waals surface area contributed by atoms with Gasteiger partial charge in [0.25, 0.3) is 5.91 Å². The molecular formula is C15H20ClN3O. The predicted octanol–water partition coefficient (Wildman–Crippen LogP) is 2.44. The normalized spacial score (nSPS) is 24.1. The van der Waals surface area contributed by atoms with Crippen LogP contribution in [0.25, 0.3) is 0 Å². The third-order valence-electron chi connectivity index (χ3n) is 4.34. The predicted molar refractivity (Wildman–Crippen MR) is 79.0 cm³/mol. The highest BCUT2D eigenvalue weighted by Crippen LogP contribution is 2.23. The van der Waals surface area contributed by atoms with Crippen molar-refractivity contribution in [2.45, 2.75) is 31.7 Å². The van der Waals surface area contributed by atoms with Crippen LogP contribution in [0.2, 0.25) is 5.02 Å². The van der Waals surface area contributed by atoms with Gasteiger partial charge in [-0.05, 0) is 44.8 Å². The summed E-state index contributed by atoms with van der Waals surface area (Å²) in [6, 6.07) is 2.24. The number of likely N-dealkylation sites (tertiary alicyclic amines) is 2. The standard InChI is InChI=1S/C15H20ClN3O/c16-14-10-17-6-5-13(14)15(20)19-9-3-4-12(11-19)18-7-1-2-8-18/h5-6,10,12H,1-4,7-9,11H2. The molecule has 0 N–H and O–H groups in total. The van der Waals surface area contributed by atoms with E-state index < -0.39 is 0 Å². The van der Waals surface area contributed by atoms with Gasteiger partial charge >= 0.3 is 0 Å². The van der Waals surface area contributed by atoms with Crippen LogP contribution in [0.3, 0.4) is 0 Å². The number of nitrogens with zero attached hydrogens (tertiary/aromatic N) is 3. The van der Waals surface area contributed by atoms with E-state index in [4.69, 9.17) is 11.6 Å². The Kier molecular flexibility index (Phi) is 4.22. The van der Waals surface area contributed by atoms with E-state index in [1.807, 2.05) is 4.90 Å². The number of aromatic nitrogens is 1. The van der Waals surface area contributed by atoms with E-state index in [0.717, 1.165) is 19.5 Å². The maximum Gasteiger partial charge on any atom is 0.255 e. The van der Waals surface area contributed by atoms with Crippen molar-refractivity contribution in [1.82, 2.24) is 14.8 Å². The second-order valence-corrected chi connectivity index (χ2v) is 6.05. The first kappa shape index (κ1) is 13.8. The number of rotatable bonds is 2. The highest BCUT2D eigenvalue weighted by atomic mass is 35.5. The van der Waals surface area contributed by atoms with Crippen LogP contribution in [-0.2, 0) is 0 Å². The molecule has 0 saturated carbocycles. The van der Waals surface area contributed by atoms with Crippen molar-refractivity contribution < 1.29 is 4.79 Å².